The number of morpholine rings is 1. The molecule has 3 amide bonds. The normalized spacial score (nSPS) is 15.1. The Labute approximate surface area is 170 Å². The van der Waals surface area contributed by atoms with Crippen LogP contribution in [0.4, 0.5) is 4.79 Å². The summed E-state index contributed by atoms with van der Waals surface area (Å²) in [5.41, 5.74) is 0.917. The van der Waals surface area contributed by atoms with Gasteiger partial charge in [-0.1, -0.05) is 36.4 Å². The van der Waals surface area contributed by atoms with Crippen molar-refractivity contribution in [2.45, 2.75) is 19.4 Å². The quantitative estimate of drug-likeness (QED) is 0.776. The molecule has 2 heterocycles. The molecule has 28 heavy (non-hydrogen) atoms. The maximum Gasteiger partial charge on any atom is 0.317 e. The minimum atomic E-state index is -0.399. The van der Waals surface area contributed by atoms with E-state index in [0.717, 1.165) is 10.4 Å². The van der Waals surface area contributed by atoms with Crippen molar-refractivity contribution in [2.24, 2.45) is 0 Å². The number of hydrogen-bond acceptors (Lipinski definition) is 4. The van der Waals surface area contributed by atoms with Crippen LogP contribution in [-0.4, -0.2) is 61.1 Å². The Balaban J connectivity index is 1.66. The summed E-state index contributed by atoms with van der Waals surface area (Å²) in [6.45, 7) is 5.73. The van der Waals surface area contributed by atoms with Gasteiger partial charge in [0.05, 0.1) is 25.7 Å². The van der Waals surface area contributed by atoms with Gasteiger partial charge < -0.3 is 19.9 Å². The highest BCUT2D eigenvalue weighted by Gasteiger charge is 2.28. The number of carbonyl (C=O) groups is 2. The number of nitrogens with zero attached hydrogens (tertiary/aromatic N) is 2. The second kappa shape index (κ2) is 10.2. The highest BCUT2D eigenvalue weighted by Crippen LogP contribution is 2.19. The second-order valence-electron chi connectivity index (χ2n) is 6.68. The van der Waals surface area contributed by atoms with Crippen LogP contribution in [0.5, 0.6) is 0 Å². The van der Waals surface area contributed by atoms with Gasteiger partial charge in [-0.05, 0) is 23.9 Å². The Morgan fingerprint density at radius 3 is 2.57 bits per heavy atom. The Bertz CT molecular complexity index is 746. The highest BCUT2D eigenvalue weighted by atomic mass is 32.1. The van der Waals surface area contributed by atoms with Gasteiger partial charge in [0.1, 0.15) is 0 Å². The molecule has 150 valence electrons. The van der Waals surface area contributed by atoms with Gasteiger partial charge in [0.15, 0.2) is 0 Å². The lowest BCUT2D eigenvalue weighted by molar-refractivity contribution is -0.136. The van der Waals surface area contributed by atoms with Crippen molar-refractivity contribution in [3.05, 3.63) is 58.3 Å². The molecule has 1 unspecified atom stereocenters. The molecule has 1 saturated heterocycles. The van der Waals surface area contributed by atoms with Crippen molar-refractivity contribution in [1.29, 1.82) is 0 Å². The Kier molecular flexibility index (Phi) is 7.45. The smallest absolute Gasteiger partial charge is 0.317 e. The SMILES string of the molecule is CCN(Cc1cccs1)C(=O)NCC(C(=O)N1CCOCC1)c1ccccc1. The van der Waals surface area contributed by atoms with Crippen LogP contribution in [0.3, 0.4) is 0 Å². The van der Waals surface area contributed by atoms with Crippen LogP contribution < -0.4 is 5.32 Å². The fourth-order valence-corrected chi connectivity index (χ4v) is 3.98. The summed E-state index contributed by atoms with van der Waals surface area (Å²) in [5.74, 6) is -0.361. The predicted molar refractivity (Wildman–Crippen MR) is 110 cm³/mol. The molecule has 7 heteroatoms. The molecule has 1 aromatic heterocycles. The highest BCUT2D eigenvalue weighted by molar-refractivity contribution is 7.09. The summed E-state index contributed by atoms with van der Waals surface area (Å²) in [7, 11) is 0. The molecule has 1 atom stereocenters. The monoisotopic (exact) mass is 401 g/mol. The van der Waals surface area contributed by atoms with E-state index in [2.05, 4.69) is 5.32 Å². The van der Waals surface area contributed by atoms with Crippen molar-refractivity contribution < 1.29 is 14.3 Å². The summed E-state index contributed by atoms with van der Waals surface area (Å²) in [4.78, 5) is 30.6. The molecule has 0 bridgehead atoms. The van der Waals surface area contributed by atoms with Crippen molar-refractivity contribution in [1.82, 2.24) is 15.1 Å². The summed E-state index contributed by atoms with van der Waals surface area (Å²) < 4.78 is 5.36. The number of nitrogens with one attached hydrogen (secondary N) is 1. The van der Waals surface area contributed by atoms with Crippen LogP contribution in [0.25, 0.3) is 0 Å². The van der Waals surface area contributed by atoms with Gasteiger partial charge in [-0.2, -0.15) is 0 Å². The Morgan fingerprint density at radius 1 is 1.18 bits per heavy atom. The van der Waals surface area contributed by atoms with Crippen LogP contribution in [0.1, 0.15) is 23.3 Å². The third-order valence-electron chi connectivity index (χ3n) is 4.88. The number of amides is 3. The maximum atomic E-state index is 13.1. The minimum absolute atomic E-state index is 0.0381. The molecule has 2 aromatic rings. The molecular weight excluding hydrogens is 374 g/mol. The number of urea groups is 1. The first kappa shape index (κ1) is 20.4. The van der Waals surface area contributed by atoms with E-state index in [4.69, 9.17) is 4.74 Å². The van der Waals surface area contributed by atoms with E-state index in [1.54, 1.807) is 16.2 Å². The third kappa shape index (κ3) is 5.33. The molecule has 0 radical (unpaired) electrons. The van der Waals surface area contributed by atoms with Gasteiger partial charge in [-0.15, -0.1) is 11.3 Å². The number of hydrogen-bond donors (Lipinski definition) is 1. The van der Waals surface area contributed by atoms with E-state index >= 15 is 0 Å². The van der Waals surface area contributed by atoms with Gasteiger partial charge in [-0.25, -0.2) is 4.79 Å². The van der Waals surface area contributed by atoms with E-state index in [1.807, 2.05) is 59.7 Å². The van der Waals surface area contributed by atoms with E-state index in [-0.39, 0.29) is 18.5 Å². The summed E-state index contributed by atoms with van der Waals surface area (Å²) >= 11 is 1.63. The van der Waals surface area contributed by atoms with Gasteiger partial charge in [0.25, 0.3) is 0 Å². The maximum absolute atomic E-state index is 13.1. The first-order chi connectivity index (χ1) is 13.7. The molecule has 3 rings (SSSR count). The van der Waals surface area contributed by atoms with Crippen LogP contribution in [-0.2, 0) is 16.1 Å². The van der Waals surface area contributed by atoms with Gasteiger partial charge in [-0.3, -0.25) is 4.79 Å². The van der Waals surface area contributed by atoms with E-state index < -0.39 is 5.92 Å². The Morgan fingerprint density at radius 2 is 1.93 bits per heavy atom. The largest absolute Gasteiger partial charge is 0.378 e. The first-order valence-electron chi connectivity index (χ1n) is 9.65. The van der Waals surface area contributed by atoms with Crippen LogP contribution >= 0.6 is 11.3 Å². The van der Waals surface area contributed by atoms with Crippen LogP contribution in [0.2, 0.25) is 0 Å². The zero-order valence-electron chi connectivity index (χ0n) is 16.2. The fourth-order valence-electron chi connectivity index (χ4n) is 3.26. The predicted octanol–water partition coefficient (Wildman–Crippen LogP) is 2.92. The number of ether oxygens (including phenoxy) is 1. The summed E-state index contributed by atoms with van der Waals surface area (Å²) in [5, 5.41) is 4.99. The molecule has 1 N–H and O–H groups in total. The number of carbonyl (C=O) groups excluding carboxylic acids is 2. The average molecular weight is 402 g/mol. The Hall–Kier alpha value is -2.38. The molecule has 1 aliphatic rings. The standard InChI is InChI=1S/C21H27N3O3S/c1-2-23(16-18-9-6-14-28-18)21(26)22-15-19(17-7-4-3-5-8-17)20(25)24-10-12-27-13-11-24/h3-9,14,19H,2,10-13,15-16H2,1H3,(H,22,26). The summed E-state index contributed by atoms with van der Waals surface area (Å²) in [6, 6.07) is 13.5. The van der Waals surface area contributed by atoms with Crippen molar-refractivity contribution in [2.75, 3.05) is 39.4 Å². The number of benzene rings is 1. The van der Waals surface area contributed by atoms with E-state index in [1.165, 1.54) is 0 Å². The lowest BCUT2D eigenvalue weighted by Gasteiger charge is -2.31. The number of rotatable bonds is 7. The molecule has 1 aliphatic heterocycles. The summed E-state index contributed by atoms with van der Waals surface area (Å²) in [6.07, 6.45) is 0. The molecule has 1 aromatic carbocycles. The van der Waals surface area contributed by atoms with Gasteiger partial charge in [0.2, 0.25) is 5.91 Å². The second-order valence-corrected chi connectivity index (χ2v) is 7.71. The number of thiophene rings is 1. The molecule has 0 spiro atoms. The zero-order valence-corrected chi connectivity index (χ0v) is 17.0. The first-order valence-corrected chi connectivity index (χ1v) is 10.5. The lowest BCUT2D eigenvalue weighted by atomic mass is 9.97. The van der Waals surface area contributed by atoms with E-state index in [0.29, 0.717) is 39.4 Å². The van der Waals surface area contributed by atoms with Crippen LogP contribution in [0.15, 0.2) is 47.8 Å². The molecule has 0 saturated carbocycles. The third-order valence-corrected chi connectivity index (χ3v) is 5.74. The lowest BCUT2D eigenvalue weighted by Crippen LogP contribution is -2.47. The minimum Gasteiger partial charge on any atom is -0.378 e. The van der Waals surface area contributed by atoms with Crippen molar-refractivity contribution >= 4 is 23.3 Å². The average Bonchev–Trinajstić information content (AvgIpc) is 3.26. The fraction of sp³-hybridized carbons (Fsp3) is 0.429. The topological polar surface area (TPSA) is 61.9 Å². The van der Waals surface area contributed by atoms with Gasteiger partial charge in [0, 0.05) is 31.1 Å². The van der Waals surface area contributed by atoms with Crippen molar-refractivity contribution in [3.63, 3.8) is 0 Å². The molecular formula is C21H27N3O3S. The van der Waals surface area contributed by atoms with E-state index in [9.17, 15) is 9.59 Å². The van der Waals surface area contributed by atoms with Crippen LogP contribution in [0, 0.1) is 0 Å². The van der Waals surface area contributed by atoms with Crippen molar-refractivity contribution in [3.8, 4) is 0 Å². The zero-order chi connectivity index (χ0) is 19.8. The molecule has 1 fully saturated rings. The van der Waals surface area contributed by atoms with Gasteiger partial charge >= 0.3 is 6.03 Å². The molecule has 0 aliphatic carbocycles. The molecule has 6 nitrogen and oxygen atoms in total.